The average Bonchev–Trinajstić information content (AvgIpc) is 2.61. The lowest BCUT2D eigenvalue weighted by Crippen LogP contribution is -2.49. The molecule has 152 valence electrons. The van der Waals surface area contributed by atoms with Crippen LogP contribution in [-0.2, 0) is 10.0 Å². The quantitative estimate of drug-likeness (QED) is 0.505. The van der Waals surface area contributed by atoms with E-state index in [1.54, 1.807) is 4.31 Å². The molecular formula is C18H37N5O2S. The number of piperidine rings is 2. The van der Waals surface area contributed by atoms with Gasteiger partial charge < -0.3 is 15.5 Å². The van der Waals surface area contributed by atoms with E-state index in [2.05, 4.69) is 29.4 Å². The number of likely N-dealkylation sites (tertiary alicyclic amines) is 1. The average molecular weight is 388 g/mol. The van der Waals surface area contributed by atoms with Crippen molar-refractivity contribution in [2.75, 3.05) is 52.1 Å². The Balaban J connectivity index is 1.78. The van der Waals surface area contributed by atoms with Crippen LogP contribution < -0.4 is 10.6 Å². The molecule has 0 spiro atoms. The standard InChI is InChI=1S/C18H37N5O2S/c1-4-10-22-11-8-17(9-12-22)21-18(19-5-2)20-15-16-6-13-23(14-7-16)26(3,24)25/h16-17H,4-15H2,1-3H3,(H2,19,20,21). The lowest BCUT2D eigenvalue weighted by atomic mass is 9.98. The highest BCUT2D eigenvalue weighted by atomic mass is 32.2. The summed E-state index contributed by atoms with van der Waals surface area (Å²) in [6.45, 7) is 10.7. The van der Waals surface area contributed by atoms with Crippen molar-refractivity contribution in [2.45, 2.75) is 52.0 Å². The Hall–Kier alpha value is -0.860. The van der Waals surface area contributed by atoms with Crippen molar-refractivity contribution in [1.29, 1.82) is 0 Å². The predicted octanol–water partition coefficient (Wildman–Crippen LogP) is 1.09. The van der Waals surface area contributed by atoms with Crippen molar-refractivity contribution in [3.63, 3.8) is 0 Å². The van der Waals surface area contributed by atoms with Crippen LogP contribution >= 0.6 is 0 Å². The second kappa shape index (κ2) is 10.5. The van der Waals surface area contributed by atoms with Crippen LogP contribution in [0.3, 0.4) is 0 Å². The zero-order valence-corrected chi connectivity index (χ0v) is 17.5. The summed E-state index contributed by atoms with van der Waals surface area (Å²) in [4.78, 5) is 7.33. The van der Waals surface area contributed by atoms with Crippen molar-refractivity contribution in [1.82, 2.24) is 19.8 Å². The number of nitrogens with one attached hydrogen (secondary N) is 2. The SMILES string of the molecule is CCCN1CCC(NC(=NCC2CCN(S(C)(=O)=O)CC2)NCC)CC1. The number of hydrogen-bond donors (Lipinski definition) is 2. The summed E-state index contributed by atoms with van der Waals surface area (Å²) in [5, 5.41) is 6.96. The molecule has 2 aliphatic heterocycles. The van der Waals surface area contributed by atoms with E-state index in [9.17, 15) is 8.42 Å². The third kappa shape index (κ3) is 7.04. The molecule has 2 heterocycles. The maximum absolute atomic E-state index is 11.6. The Morgan fingerprint density at radius 2 is 1.73 bits per heavy atom. The predicted molar refractivity (Wildman–Crippen MR) is 108 cm³/mol. The topological polar surface area (TPSA) is 77.0 Å². The van der Waals surface area contributed by atoms with E-state index in [1.165, 1.54) is 19.2 Å². The van der Waals surface area contributed by atoms with Gasteiger partial charge in [0, 0.05) is 45.3 Å². The van der Waals surface area contributed by atoms with E-state index >= 15 is 0 Å². The van der Waals surface area contributed by atoms with Crippen LogP contribution in [0.1, 0.15) is 46.0 Å². The molecule has 0 atom stereocenters. The largest absolute Gasteiger partial charge is 0.357 e. The monoisotopic (exact) mass is 387 g/mol. The van der Waals surface area contributed by atoms with Crippen LogP contribution in [0.4, 0.5) is 0 Å². The lowest BCUT2D eigenvalue weighted by molar-refractivity contribution is 0.206. The van der Waals surface area contributed by atoms with Gasteiger partial charge >= 0.3 is 0 Å². The molecule has 0 aromatic rings. The summed E-state index contributed by atoms with van der Waals surface area (Å²) in [5.74, 6) is 1.38. The first kappa shape index (κ1) is 21.4. The first-order valence-corrected chi connectivity index (χ1v) is 12.0. The minimum atomic E-state index is -3.05. The Bertz CT molecular complexity index is 536. The summed E-state index contributed by atoms with van der Waals surface area (Å²) < 4.78 is 24.8. The Morgan fingerprint density at radius 1 is 1.08 bits per heavy atom. The number of guanidine groups is 1. The number of rotatable bonds is 7. The third-order valence-electron chi connectivity index (χ3n) is 5.36. The molecule has 0 amide bonds. The molecule has 0 aromatic carbocycles. The van der Waals surface area contributed by atoms with Gasteiger partial charge in [-0.25, -0.2) is 12.7 Å². The van der Waals surface area contributed by atoms with E-state index in [-0.39, 0.29) is 0 Å². The van der Waals surface area contributed by atoms with Crippen molar-refractivity contribution in [2.24, 2.45) is 10.9 Å². The molecule has 2 N–H and O–H groups in total. The number of aliphatic imine (C=N–C) groups is 1. The third-order valence-corrected chi connectivity index (χ3v) is 6.67. The summed E-state index contributed by atoms with van der Waals surface area (Å²) in [5.41, 5.74) is 0. The van der Waals surface area contributed by atoms with Gasteiger partial charge in [-0.15, -0.1) is 0 Å². The minimum absolute atomic E-state index is 0.467. The van der Waals surface area contributed by atoms with Gasteiger partial charge in [0.1, 0.15) is 0 Å². The smallest absolute Gasteiger partial charge is 0.211 e. The Labute approximate surface area is 159 Å². The van der Waals surface area contributed by atoms with Gasteiger partial charge in [0.05, 0.1) is 6.26 Å². The summed E-state index contributed by atoms with van der Waals surface area (Å²) in [6, 6.07) is 0.494. The molecule has 0 bridgehead atoms. The zero-order valence-electron chi connectivity index (χ0n) is 16.7. The molecule has 7 nitrogen and oxygen atoms in total. The molecule has 0 radical (unpaired) electrons. The molecule has 26 heavy (non-hydrogen) atoms. The summed E-state index contributed by atoms with van der Waals surface area (Å²) in [7, 11) is -3.05. The van der Waals surface area contributed by atoms with Gasteiger partial charge in [-0.1, -0.05) is 6.92 Å². The van der Waals surface area contributed by atoms with Gasteiger partial charge in [0.25, 0.3) is 0 Å². The molecule has 0 unspecified atom stereocenters. The maximum Gasteiger partial charge on any atom is 0.211 e. The van der Waals surface area contributed by atoms with Crippen molar-refractivity contribution in [3.05, 3.63) is 0 Å². The van der Waals surface area contributed by atoms with E-state index in [4.69, 9.17) is 4.99 Å². The van der Waals surface area contributed by atoms with Gasteiger partial charge in [-0.05, 0) is 51.5 Å². The fourth-order valence-electron chi connectivity index (χ4n) is 3.77. The first-order valence-electron chi connectivity index (χ1n) is 10.1. The molecule has 8 heteroatoms. The first-order chi connectivity index (χ1) is 12.4. The normalized spacial score (nSPS) is 22.5. The molecule has 0 aromatic heterocycles. The second-order valence-electron chi connectivity index (χ2n) is 7.59. The van der Waals surface area contributed by atoms with Gasteiger partial charge in [0.15, 0.2) is 5.96 Å². The van der Waals surface area contributed by atoms with Crippen LogP contribution in [0, 0.1) is 5.92 Å². The van der Waals surface area contributed by atoms with Crippen molar-refractivity contribution in [3.8, 4) is 0 Å². The fraction of sp³-hybridized carbons (Fsp3) is 0.944. The van der Waals surface area contributed by atoms with Crippen LogP contribution in [0.15, 0.2) is 4.99 Å². The maximum atomic E-state index is 11.6. The molecule has 2 aliphatic rings. The van der Waals surface area contributed by atoms with Gasteiger partial charge in [0.2, 0.25) is 10.0 Å². The second-order valence-corrected chi connectivity index (χ2v) is 9.57. The molecule has 2 saturated heterocycles. The zero-order chi connectivity index (χ0) is 19.0. The van der Waals surface area contributed by atoms with E-state index in [0.717, 1.165) is 57.8 Å². The van der Waals surface area contributed by atoms with Gasteiger partial charge in [-0.3, -0.25) is 4.99 Å². The van der Waals surface area contributed by atoms with E-state index in [1.807, 2.05) is 0 Å². The highest BCUT2D eigenvalue weighted by molar-refractivity contribution is 7.88. The Morgan fingerprint density at radius 3 is 2.27 bits per heavy atom. The van der Waals surface area contributed by atoms with Crippen molar-refractivity contribution >= 4 is 16.0 Å². The molecular weight excluding hydrogens is 350 g/mol. The minimum Gasteiger partial charge on any atom is -0.357 e. The number of hydrogen-bond acceptors (Lipinski definition) is 4. The van der Waals surface area contributed by atoms with E-state index < -0.39 is 10.0 Å². The van der Waals surface area contributed by atoms with Gasteiger partial charge in [-0.2, -0.15) is 0 Å². The highest BCUT2D eigenvalue weighted by Crippen LogP contribution is 2.19. The molecule has 0 saturated carbocycles. The summed E-state index contributed by atoms with van der Waals surface area (Å²) >= 11 is 0. The van der Waals surface area contributed by atoms with E-state index in [0.29, 0.717) is 25.0 Å². The molecule has 2 rings (SSSR count). The Kier molecular flexibility index (Phi) is 8.63. The van der Waals surface area contributed by atoms with Crippen LogP contribution in [0.25, 0.3) is 0 Å². The fourth-order valence-corrected chi connectivity index (χ4v) is 4.65. The summed E-state index contributed by atoms with van der Waals surface area (Å²) in [6.07, 6.45) is 6.63. The van der Waals surface area contributed by atoms with Crippen LogP contribution in [0.2, 0.25) is 0 Å². The number of nitrogens with zero attached hydrogens (tertiary/aromatic N) is 3. The number of sulfonamides is 1. The molecule has 2 fully saturated rings. The van der Waals surface area contributed by atoms with Crippen LogP contribution in [0.5, 0.6) is 0 Å². The lowest BCUT2D eigenvalue weighted by Gasteiger charge is -2.33. The van der Waals surface area contributed by atoms with Crippen LogP contribution in [-0.4, -0.2) is 81.7 Å². The van der Waals surface area contributed by atoms with Crippen molar-refractivity contribution < 1.29 is 8.42 Å². The molecule has 0 aliphatic carbocycles. The highest BCUT2D eigenvalue weighted by Gasteiger charge is 2.25.